The van der Waals surface area contributed by atoms with Crippen molar-refractivity contribution in [2.75, 3.05) is 38.6 Å². The van der Waals surface area contributed by atoms with Crippen molar-refractivity contribution in [1.29, 1.82) is 0 Å². The van der Waals surface area contributed by atoms with Gasteiger partial charge in [0.05, 0.1) is 0 Å². The lowest BCUT2D eigenvalue weighted by Crippen LogP contribution is -2.28. The predicted octanol–water partition coefficient (Wildman–Crippen LogP) is 2.47. The van der Waals surface area contributed by atoms with Crippen LogP contribution in [-0.2, 0) is 6.42 Å². The smallest absolute Gasteiger partial charge is 0.137 e. The summed E-state index contributed by atoms with van der Waals surface area (Å²) in [6.45, 7) is 5.56. The minimum atomic E-state index is 0.599. The van der Waals surface area contributed by atoms with Gasteiger partial charge in [-0.15, -0.1) is 0 Å². The number of rotatable bonds is 5. The standard InChI is InChI=1S/C14H23ClN4/c1-4-5-12-13(15)16-10-17-14(12)19(3)9-11-6-7-18(2)8-11/h10-11H,4-9H2,1-3H3. The zero-order chi connectivity index (χ0) is 13.8. The van der Waals surface area contributed by atoms with E-state index in [-0.39, 0.29) is 0 Å². The average molecular weight is 283 g/mol. The molecule has 0 radical (unpaired) electrons. The number of anilines is 1. The van der Waals surface area contributed by atoms with Crippen LogP contribution >= 0.6 is 11.6 Å². The molecule has 5 heteroatoms. The topological polar surface area (TPSA) is 32.3 Å². The third kappa shape index (κ3) is 3.57. The summed E-state index contributed by atoms with van der Waals surface area (Å²) in [6.07, 6.45) is 4.82. The molecular formula is C14H23ClN4. The number of likely N-dealkylation sites (tertiary alicyclic amines) is 1. The zero-order valence-corrected chi connectivity index (χ0v) is 12.8. The van der Waals surface area contributed by atoms with Crippen LogP contribution in [0.4, 0.5) is 5.82 Å². The van der Waals surface area contributed by atoms with E-state index in [1.54, 1.807) is 6.33 Å². The lowest BCUT2D eigenvalue weighted by Gasteiger charge is -2.24. The Morgan fingerprint density at radius 3 is 2.89 bits per heavy atom. The third-order valence-electron chi connectivity index (χ3n) is 3.75. The Labute approximate surface area is 120 Å². The molecule has 1 unspecified atom stereocenters. The molecule has 1 aromatic rings. The van der Waals surface area contributed by atoms with Crippen LogP contribution in [-0.4, -0.2) is 48.6 Å². The van der Waals surface area contributed by atoms with Gasteiger partial charge in [-0.3, -0.25) is 0 Å². The summed E-state index contributed by atoms with van der Waals surface area (Å²) in [5.74, 6) is 1.72. The van der Waals surface area contributed by atoms with Crippen LogP contribution < -0.4 is 4.90 Å². The fraction of sp³-hybridized carbons (Fsp3) is 0.714. The highest BCUT2D eigenvalue weighted by atomic mass is 35.5. The molecule has 0 aromatic carbocycles. The molecule has 19 heavy (non-hydrogen) atoms. The summed E-state index contributed by atoms with van der Waals surface area (Å²) >= 11 is 6.21. The molecule has 1 saturated heterocycles. The van der Waals surface area contributed by atoms with Gasteiger partial charge in [-0.05, 0) is 32.4 Å². The summed E-state index contributed by atoms with van der Waals surface area (Å²) in [5, 5.41) is 0.599. The molecule has 1 fully saturated rings. The van der Waals surface area contributed by atoms with Gasteiger partial charge in [0.2, 0.25) is 0 Å². The van der Waals surface area contributed by atoms with Crippen LogP contribution in [0, 0.1) is 5.92 Å². The molecule has 106 valence electrons. The fourth-order valence-corrected chi connectivity index (χ4v) is 3.05. The Kier molecular flexibility index (Phi) is 4.99. The molecule has 2 heterocycles. The summed E-state index contributed by atoms with van der Waals surface area (Å²) in [7, 11) is 4.29. The van der Waals surface area contributed by atoms with Crippen LogP contribution in [0.5, 0.6) is 0 Å². The first-order valence-corrected chi connectivity index (χ1v) is 7.38. The third-order valence-corrected chi connectivity index (χ3v) is 4.08. The van der Waals surface area contributed by atoms with Crippen molar-refractivity contribution in [2.24, 2.45) is 5.92 Å². The Balaban J connectivity index is 2.09. The van der Waals surface area contributed by atoms with Gasteiger partial charge >= 0.3 is 0 Å². The molecular weight excluding hydrogens is 260 g/mol. The Morgan fingerprint density at radius 2 is 2.26 bits per heavy atom. The number of halogens is 1. The summed E-state index contributed by atoms with van der Waals surface area (Å²) in [5.41, 5.74) is 1.08. The van der Waals surface area contributed by atoms with Crippen LogP contribution in [0.25, 0.3) is 0 Å². The van der Waals surface area contributed by atoms with E-state index in [1.807, 2.05) is 0 Å². The molecule has 0 amide bonds. The van der Waals surface area contributed by atoms with Gasteiger partial charge in [0.15, 0.2) is 0 Å². The highest BCUT2D eigenvalue weighted by Gasteiger charge is 2.22. The quantitative estimate of drug-likeness (QED) is 0.777. The molecule has 0 spiro atoms. The second-order valence-corrected chi connectivity index (χ2v) is 5.87. The summed E-state index contributed by atoms with van der Waals surface area (Å²) in [6, 6.07) is 0. The van der Waals surface area contributed by atoms with Crippen molar-refractivity contribution >= 4 is 17.4 Å². The van der Waals surface area contributed by atoms with Gasteiger partial charge < -0.3 is 9.80 Å². The normalized spacial score (nSPS) is 19.9. The van der Waals surface area contributed by atoms with Crippen LogP contribution in [0.3, 0.4) is 0 Å². The minimum Gasteiger partial charge on any atom is -0.359 e. The number of hydrogen-bond donors (Lipinski definition) is 0. The second kappa shape index (κ2) is 6.53. The van der Waals surface area contributed by atoms with Gasteiger partial charge in [-0.25, -0.2) is 9.97 Å². The maximum Gasteiger partial charge on any atom is 0.137 e. The molecule has 1 aliphatic rings. The second-order valence-electron chi connectivity index (χ2n) is 5.51. The fourth-order valence-electron chi connectivity index (χ4n) is 2.83. The van der Waals surface area contributed by atoms with Gasteiger partial charge in [-0.1, -0.05) is 24.9 Å². The maximum atomic E-state index is 6.21. The van der Waals surface area contributed by atoms with E-state index in [9.17, 15) is 0 Å². The van der Waals surface area contributed by atoms with Gasteiger partial charge in [0, 0.05) is 25.7 Å². The van der Waals surface area contributed by atoms with Crippen molar-refractivity contribution in [3.8, 4) is 0 Å². The molecule has 0 saturated carbocycles. The Bertz CT molecular complexity index is 424. The SMILES string of the molecule is CCCc1c(Cl)ncnc1N(C)CC1CCN(C)C1. The van der Waals surface area contributed by atoms with E-state index in [2.05, 4.69) is 40.8 Å². The van der Waals surface area contributed by atoms with Crippen molar-refractivity contribution in [3.05, 3.63) is 17.0 Å². The molecule has 0 N–H and O–H groups in total. The first kappa shape index (κ1) is 14.5. The number of hydrogen-bond acceptors (Lipinski definition) is 4. The highest BCUT2D eigenvalue weighted by Crippen LogP contribution is 2.25. The summed E-state index contributed by atoms with van der Waals surface area (Å²) < 4.78 is 0. The molecule has 4 nitrogen and oxygen atoms in total. The molecule has 2 rings (SSSR count). The molecule has 1 aromatic heterocycles. The lowest BCUT2D eigenvalue weighted by atomic mass is 10.1. The lowest BCUT2D eigenvalue weighted by molar-refractivity contribution is 0.395. The van der Waals surface area contributed by atoms with E-state index in [0.29, 0.717) is 5.15 Å². The van der Waals surface area contributed by atoms with Crippen LogP contribution in [0.2, 0.25) is 5.15 Å². The molecule has 0 bridgehead atoms. The van der Waals surface area contributed by atoms with Gasteiger partial charge in [0.25, 0.3) is 0 Å². The van der Waals surface area contributed by atoms with E-state index in [4.69, 9.17) is 11.6 Å². The molecule has 0 aliphatic carbocycles. The van der Waals surface area contributed by atoms with Crippen LogP contribution in [0.15, 0.2) is 6.33 Å². The highest BCUT2D eigenvalue weighted by molar-refractivity contribution is 6.30. The number of aromatic nitrogens is 2. The maximum absolute atomic E-state index is 6.21. The predicted molar refractivity (Wildman–Crippen MR) is 79.9 cm³/mol. The molecule has 1 aliphatic heterocycles. The number of nitrogens with zero attached hydrogens (tertiary/aromatic N) is 4. The van der Waals surface area contributed by atoms with E-state index in [1.165, 1.54) is 19.5 Å². The van der Waals surface area contributed by atoms with E-state index in [0.717, 1.165) is 36.7 Å². The first-order chi connectivity index (χ1) is 9.11. The average Bonchev–Trinajstić information content (AvgIpc) is 2.77. The largest absolute Gasteiger partial charge is 0.359 e. The van der Waals surface area contributed by atoms with Crippen LogP contribution in [0.1, 0.15) is 25.3 Å². The summed E-state index contributed by atoms with van der Waals surface area (Å²) in [4.78, 5) is 13.2. The Hall–Kier alpha value is -0.870. The van der Waals surface area contributed by atoms with Crippen molar-refractivity contribution < 1.29 is 0 Å². The van der Waals surface area contributed by atoms with Crippen molar-refractivity contribution in [2.45, 2.75) is 26.2 Å². The first-order valence-electron chi connectivity index (χ1n) is 7.00. The zero-order valence-electron chi connectivity index (χ0n) is 12.1. The monoisotopic (exact) mass is 282 g/mol. The van der Waals surface area contributed by atoms with Crippen molar-refractivity contribution in [3.63, 3.8) is 0 Å². The van der Waals surface area contributed by atoms with E-state index < -0.39 is 0 Å². The van der Waals surface area contributed by atoms with Gasteiger partial charge in [-0.2, -0.15) is 0 Å². The molecule has 1 atom stereocenters. The van der Waals surface area contributed by atoms with Crippen molar-refractivity contribution in [1.82, 2.24) is 14.9 Å². The minimum absolute atomic E-state index is 0.599. The van der Waals surface area contributed by atoms with E-state index >= 15 is 0 Å². The van der Waals surface area contributed by atoms with Gasteiger partial charge in [0.1, 0.15) is 17.3 Å². The Morgan fingerprint density at radius 1 is 1.47 bits per heavy atom.